The molecular formula is C19H29ClN4S. The number of piperazine rings is 1. The van der Waals surface area contributed by atoms with Crippen molar-refractivity contribution in [3.05, 3.63) is 23.2 Å². The second-order valence-corrected chi connectivity index (χ2v) is 7.86. The van der Waals surface area contributed by atoms with Crippen molar-refractivity contribution in [1.82, 2.24) is 10.2 Å². The van der Waals surface area contributed by atoms with E-state index >= 15 is 0 Å². The minimum atomic E-state index is 0.504. The molecule has 6 heteroatoms. The second kappa shape index (κ2) is 9.06. The zero-order valence-electron chi connectivity index (χ0n) is 15.1. The Kier molecular flexibility index (Phi) is 6.79. The fourth-order valence-electron chi connectivity index (χ4n) is 3.78. The highest BCUT2D eigenvalue weighted by atomic mass is 35.5. The van der Waals surface area contributed by atoms with Crippen LogP contribution in [0, 0.1) is 0 Å². The van der Waals surface area contributed by atoms with Gasteiger partial charge in [0.1, 0.15) is 0 Å². The molecule has 3 rings (SSSR count). The molecule has 0 spiro atoms. The number of anilines is 2. The maximum absolute atomic E-state index is 6.25. The molecule has 0 amide bonds. The van der Waals surface area contributed by atoms with Gasteiger partial charge in [-0.3, -0.25) is 0 Å². The van der Waals surface area contributed by atoms with Gasteiger partial charge in [0.25, 0.3) is 0 Å². The standard InChI is InChI=1S/C19H29ClN4S/c1-2-23-10-12-24(13-11-23)18-9-8-15(20)14-17(18)22-19(25)21-16-6-4-3-5-7-16/h8-9,14,16H,2-7,10-13H2,1H3,(H2,21,22,25). The Bertz CT molecular complexity index is 581. The largest absolute Gasteiger partial charge is 0.367 e. The highest BCUT2D eigenvalue weighted by molar-refractivity contribution is 7.80. The van der Waals surface area contributed by atoms with Gasteiger partial charge >= 0.3 is 0 Å². The summed E-state index contributed by atoms with van der Waals surface area (Å²) in [5.74, 6) is 0. The molecule has 25 heavy (non-hydrogen) atoms. The van der Waals surface area contributed by atoms with E-state index < -0.39 is 0 Å². The lowest BCUT2D eigenvalue weighted by atomic mass is 9.96. The van der Waals surface area contributed by atoms with Gasteiger partial charge in [-0.05, 0) is 49.8 Å². The quantitative estimate of drug-likeness (QED) is 0.768. The van der Waals surface area contributed by atoms with Gasteiger partial charge in [-0.2, -0.15) is 0 Å². The average molecular weight is 381 g/mol. The number of benzene rings is 1. The lowest BCUT2D eigenvalue weighted by molar-refractivity contribution is 0.271. The Morgan fingerprint density at radius 3 is 2.56 bits per heavy atom. The molecule has 1 saturated heterocycles. The Morgan fingerprint density at radius 1 is 1.16 bits per heavy atom. The predicted molar refractivity (Wildman–Crippen MR) is 112 cm³/mol. The number of hydrogen-bond donors (Lipinski definition) is 2. The summed E-state index contributed by atoms with van der Waals surface area (Å²) < 4.78 is 0. The van der Waals surface area contributed by atoms with Crippen LogP contribution < -0.4 is 15.5 Å². The maximum Gasteiger partial charge on any atom is 0.171 e. The van der Waals surface area contributed by atoms with Crippen LogP contribution in [0.3, 0.4) is 0 Å². The van der Waals surface area contributed by atoms with Crippen LogP contribution in [0.4, 0.5) is 11.4 Å². The highest BCUT2D eigenvalue weighted by Gasteiger charge is 2.20. The van der Waals surface area contributed by atoms with Crippen LogP contribution in [0.25, 0.3) is 0 Å². The van der Waals surface area contributed by atoms with Crippen LogP contribution in [0.15, 0.2) is 18.2 Å². The molecule has 1 saturated carbocycles. The van der Waals surface area contributed by atoms with Crippen LogP contribution in [0.5, 0.6) is 0 Å². The topological polar surface area (TPSA) is 30.5 Å². The molecule has 1 aliphatic heterocycles. The van der Waals surface area contributed by atoms with Gasteiger partial charge in [-0.15, -0.1) is 0 Å². The van der Waals surface area contributed by atoms with Crippen molar-refractivity contribution in [2.24, 2.45) is 0 Å². The van der Waals surface area contributed by atoms with E-state index in [1.807, 2.05) is 12.1 Å². The first-order valence-corrected chi connectivity index (χ1v) is 10.3. The second-order valence-electron chi connectivity index (χ2n) is 7.02. The molecule has 4 nitrogen and oxygen atoms in total. The summed E-state index contributed by atoms with van der Waals surface area (Å²) in [6.45, 7) is 7.61. The van der Waals surface area contributed by atoms with Crippen molar-refractivity contribution in [3.63, 3.8) is 0 Å². The molecular weight excluding hydrogens is 352 g/mol. The number of thiocarbonyl (C=S) groups is 1. The summed E-state index contributed by atoms with van der Waals surface area (Å²) in [5.41, 5.74) is 2.19. The smallest absolute Gasteiger partial charge is 0.171 e. The van der Waals surface area contributed by atoms with Crippen LogP contribution in [-0.4, -0.2) is 48.8 Å². The van der Waals surface area contributed by atoms with Gasteiger partial charge < -0.3 is 20.4 Å². The molecule has 0 aromatic heterocycles. The van der Waals surface area contributed by atoms with Crippen molar-refractivity contribution in [1.29, 1.82) is 0 Å². The molecule has 1 aromatic carbocycles. The summed E-state index contributed by atoms with van der Waals surface area (Å²) >= 11 is 11.8. The number of rotatable bonds is 4. The van der Waals surface area contributed by atoms with Gasteiger partial charge in [0.15, 0.2) is 5.11 Å². The molecule has 1 heterocycles. The Labute approximate surface area is 161 Å². The first kappa shape index (κ1) is 18.7. The first-order chi connectivity index (χ1) is 12.2. The predicted octanol–water partition coefficient (Wildman–Crippen LogP) is 4.10. The first-order valence-electron chi connectivity index (χ1n) is 9.50. The molecule has 0 radical (unpaired) electrons. The monoisotopic (exact) mass is 380 g/mol. The van der Waals surface area contributed by atoms with Gasteiger partial charge in [0.2, 0.25) is 0 Å². The van der Waals surface area contributed by atoms with Gasteiger partial charge in [0, 0.05) is 37.2 Å². The third-order valence-corrected chi connectivity index (χ3v) is 5.76. The minimum absolute atomic E-state index is 0.504. The zero-order chi connectivity index (χ0) is 17.6. The van der Waals surface area contributed by atoms with E-state index in [1.54, 1.807) is 0 Å². The molecule has 2 N–H and O–H groups in total. The van der Waals surface area contributed by atoms with Crippen LogP contribution in [0.1, 0.15) is 39.0 Å². The molecule has 0 bridgehead atoms. The van der Waals surface area contributed by atoms with E-state index in [-0.39, 0.29) is 0 Å². The van der Waals surface area contributed by atoms with Gasteiger partial charge in [-0.25, -0.2) is 0 Å². The van der Waals surface area contributed by atoms with Crippen LogP contribution in [-0.2, 0) is 0 Å². The lowest BCUT2D eigenvalue weighted by Gasteiger charge is -2.36. The molecule has 0 atom stereocenters. The average Bonchev–Trinajstić information content (AvgIpc) is 2.63. The third kappa shape index (κ3) is 5.22. The summed E-state index contributed by atoms with van der Waals surface area (Å²) in [6.07, 6.45) is 6.36. The van der Waals surface area contributed by atoms with Crippen molar-refractivity contribution < 1.29 is 0 Å². The summed E-state index contributed by atoms with van der Waals surface area (Å²) in [5, 5.41) is 8.33. The number of halogens is 1. The van der Waals surface area contributed by atoms with Gasteiger partial charge in [0.05, 0.1) is 11.4 Å². The van der Waals surface area contributed by atoms with E-state index in [4.69, 9.17) is 23.8 Å². The highest BCUT2D eigenvalue weighted by Crippen LogP contribution is 2.30. The lowest BCUT2D eigenvalue weighted by Crippen LogP contribution is -2.46. The molecule has 1 aromatic rings. The molecule has 0 unspecified atom stereocenters. The van der Waals surface area contributed by atoms with Crippen LogP contribution >= 0.6 is 23.8 Å². The zero-order valence-corrected chi connectivity index (χ0v) is 16.6. The summed E-state index contributed by atoms with van der Waals surface area (Å²) in [7, 11) is 0. The van der Waals surface area contributed by atoms with Crippen molar-refractivity contribution in [2.45, 2.75) is 45.1 Å². The Hall–Kier alpha value is -1.04. The van der Waals surface area contributed by atoms with E-state index in [0.29, 0.717) is 11.2 Å². The minimum Gasteiger partial charge on any atom is -0.367 e. The van der Waals surface area contributed by atoms with Crippen molar-refractivity contribution >= 4 is 40.3 Å². The molecule has 1 aliphatic carbocycles. The van der Waals surface area contributed by atoms with Crippen molar-refractivity contribution in [3.8, 4) is 0 Å². The van der Waals surface area contributed by atoms with E-state index in [1.165, 1.54) is 37.8 Å². The molecule has 138 valence electrons. The fourth-order valence-corrected chi connectivity index (χ4v) is 4.23. The number of likely N-dealkylation sites (N-methyl/N-ethyl adjacent to an activating group) is 1. The van der Waals surface area contributed by atoms with Crippen LogP contribution in [0.2, 0.25) is 5.02 Å². The Balaban J connectivity index is 1.65. The van der Waals surface area contributed by atoms with E-state index in [9.17, 15) is 0 Å². The number of nitrogens with zero attached hydrogens (tertiary/aromatic N) is 2. The Morgan fingerprint density at radius 2 is 1.88 bits per heavy atom. The third-order valence-electron chi connectivity index (χ3n) is 5.31. The van der Waals surface area contributed by atoms with Gasteiger partial charge in [-0.1, -0.05) is 37.8 Å². The van der Waals surface area contributed by atoms with Crippen molar-refractivity contribution in [2.75, 3.05) is 42.9 Å². The number of nitrogens with one attached hydrogen (secondary N) is 2. The molecule has 2 fully saturated rings. The number of hydrogen-bond acceptors (Lipinski definition) is 3. The summed E-state index contributed by atoms with van der Waals surface area (Å²) in [4.78, 5) is 4.91. The van der Waals surface area contributed by atoms with E-state index in [2.05, 4.69) is 33.4 Å². The van der Waals surface area contributed by atoms with E-state index in [0.717, 1.165) is 43.4 Å². The normalized spacial score (nSPS) is 19.7. The maximum atomic E-state index is 6.25. The molecule has 2 aliphatic rings. The SMILES string of the molecule is CCN1CCN(c2ccc(Cl)cc2NC(=S)NC2CCCCC2)CC1. The fraction of sp³-hybridized carbons (Fsp3) is 0.632. The summed E-state index contributed by atoms with van der Waals surface area (Å²) in [6, 6.07) is 6.56.